The highest BCUT2D eigenvalue weighted by Gasteiger charge is 2.24. The SMILES string of the molecule is Cc1ccc(C(=O)NCC2CCCCC2CBr)cc1C. The zero-order valence-electron chi connectivity index (χ0n) is 12.4. The minimum atomic E-state index is 0.0620. The van der Waals surface area contributed by atoms with E-state index in [9.17, 15) is 4.79 Å². The number of alkyl halides is 1. The van der Waals surface area contributed by atoms with Gasteiger partial charge in [0, 0.05) is 17.4 Å². The van der Waals surface area contributed by atoms with Crippen LogP contribution < -0.4 is 5.32 Å². The standard InChI is InChI=1S/C17H24BrNO/c1-12-7-8-14(9-13(12)2)17(20)19-11-16-6-4-3-5-15(16)10-18/h7-9,15-16H,3-6,10-11H2,1-2H3,(H,19,20). The van der Waals surface area contributed by atoms with Crippen molar-refractivity contribution in [3.05, 3.63) is 34.9 Å². The summed E-state index contributed by atoms with van der Waals surface area (Å²) in [4.78, 5) is 12.2. The molecule has 0 aliphatic heterocycles. The minimum absolute atomic E-state index is 0.0620. The summed E-state index contributed by atoms with van der Waals surface area (Å²) in [6.07, 6.45) is 5.16. The Kier molecular flexibility index (Phi) is 5.64. The number of rotatable bonds is 4. The molecule has 110 valence electrons. The summed E-state index contributed by atoms with van der Waals surface area (Å²) in [7, 11) is 0. The van der Waals surface area contributed by atoms with E-state index in [1.807, 2.05) is 25.1 Å². The molecule has 1 aromatic rings. The van der Waals surface area contributed by atoms with E-state index in [4.69, 9.17) is 0 Å². The molecule has 2 rings (SSSR count). The van der Waals surface area contributed by atoms with Crippen molar-refractivity contribution in [3.63, 3.8) is 0 Å². The molecule has 0 saturated heterocycles. The average Bonchev–Trinajstić information content (AvgIpc) is 2.47. The molecule has 1 aromatic carbocycles. The van der Waals surface area contributed by atoms with Crippen LogP contribution in [-0.2, 0) is 0 Å². The molecular formula is C17H24BrNO. The highest BCUT2D eigenvalue weighted by atomic mass is 79.9. The van der Waals surface area contributed by atoms with Crippen LogP contribution in [0.3, 0.4) is 0 Å². The van der Waals surface area contributed by atoms with Crippen molar-refractivity contribution in [2.24, 2.45) is 11.8 Å². The molecule has 0 spiro atoms. The van der Waals surface area contributed by atoms with E-state index in [1.54, 1.807) is 0 Å². The van der Waals surface area contributed by atoms with E-state index in [1.165, 1.54) is 36.8 Å². The maximum Gasteiger partial charge on any atom is 0.251 e. The third kappa shape index (κ3) is 3.85. The predicted octanol–water partition coefficient (Wildman–Crippen LogP) is 4.23. The molecular weight excluding hydrogens is 314 g/mol. The van der Waals surface area contributed by atoms with Gasteiger partial charge < -0.3 is 5.32 Å². The predicted molar refractivity (Wildman–Crippen MR) is 87.5 cm³/mol. The van der Waals surface area contributed by atoms with Gasteiger partial charge in [0.05, 0.1) is 0 Å². The van der Waals surface area contributed by atoms with Gasteiger partial charge in [-0.05, 0) is 61.8 Å². The summed E-state index contributed by atoms with van der Waals surface area (Å²) in [5.74, 6) is 1.40. The molecule has 3 heteroatoms. The molecule has 1 amide bonds. The van der Waals surface area contributed by atoms with Gasteiger partial charge in [-0.15, -0.1) is 0 Å². The van der Waals surface area contributed by atoms with Crippen LogP contribution in [0, 0.1) is 25.7 Å². The second-order valence-electron chi connectivity index (χ2n) is 5.97. The molecule has 1 aliphatic carbocycles. The summed E-state index contributed by atoms with van der Waals surface area (Å²) in [6, 6.07) is 5.92. The fourth-order valence-electron chi connectivity index (χ4n) is 2.96. The molecule has 2 unspecified atom stereocenters. The Morgan fingerprint density at radius 3 is 2.55 bits per heavy atom. The second-order valence-corrected chi connectivity index (χ2v) is 6.62. The van der Waals surface area contributed by atoms with Crippen molar-refractivity contribution in [1.82, 2.24) is 5.32 Å². The Labute approximate surface area is 130 Å². The van der Waals surface area contributed by atoms with Crippen LogP contribution in [-0.4, -0.2) is 17.8 Å². The Morgan fingerprint density at radius 1 is 1.20 bits per heavy atom. The largest absolute Gasteiger partial charge is 0.352 e. The molecule has 0 bridgehead atoms. The zero-order chi connectivity index (χ0) is 14.5. The highest BCUT2D eigenvalue weighted by molar-refractivity contribution is 9.09. The van der Waals surface area contributed by atoms with E-state index < -0.39 is 0 Å². The Morgan fingerprint density at radius 2 is 1.90 bits per heavy atom. The number of aryl methyl sites for hydroxylation is 2. The third-order valence-electron chi connectivity index (χ3n) is 4.56. The molecule has 2 nitrogen and oxygen atoms in total. The number of hydrogen-bond donors (Lipinski definition) is 1. The van der Waals surface area contributed by atoms with E-state index in [0.29, 0.717) is 11.8 Å². The summed E-state index contributed by atoms with van der Waals surface area (Å²) in [5, 5.41) is 4.17. The monoisotopic (exact) mass is 337 g/mol. The van der Waals surface area contributed by atoms with Gasteiger partial charge in [-0.2, -0.15) is 0 Å². The van der Waals surface area contributed by atoms with Gasteiger partial charge >= 0.3 is 0 Å². The summed E-state index contributed by atoms with van der Waals surface area (Å²) >= 11 is 3.61. The molecule has 0 radical (unpaired) electrons. The van der Waals surface area contributed by atoms with E-state index >= 15 is 0 Å². The van der Waals surface area contributed by atoms with Crippen LogP contribution in [0.15, 0.2) is 18.2 Å². The van der Waals surface area contributed by atoms with Crippen molar-refractivity contribution >= 4 is 21.8 Å². The fraction of sp³-hybridized carbons (Fsp3) is 0.588. The Hall–Kier alpha value is -0.830. The lowest BCUT2D eigenvalue weighted by Crippen LogP contribution is -2.34. The normalized spacial score (nSPS) is 22.6. The van der Waals surface area contributed by atoms with Crippen LogP contribution >= 0.6 is 15.9 Å². The van der Waals surface area contributed by atoms with Crippen molar-refractivity contribution in [2.75, 3.05) is 11.9 Å². The van der Waals surface area contributed by atoms with Gasteiger partial charge in [-0.25, -0.2) is 0 Å². The molecule has 20 heavy (non-hydrogen) atoms. The molecule has 0 heterocycles. The number of carbonyl (C=O) groups is 1. The van der Waals surface area contributed by atoms with E-state index in [-0.39, 0.29) is 5.91 Å². The summed E-state index contributed by atoms with van der Waals surface area (Å²) in [6.45, 7) is 4.93. The number of hydrogen-bond acceptors (Lipinski definition) is 1. The molecule has 1 fully saturated rings. The van der Waals surface area contributed by atoms with Crippen LogP contribution in [0.1, 0.15) is 47.2 Å². The zero-order valence-corrected chi connectivity index (χ0v) is 14.0. The molecule has 0 aromatic heterocycles. The second kappa shape index (κ2) is 7.26. The quantitative estimate of drug-likeness (QED) is 0.818. The molecule has 1 saturated carbocycles. The number of halogens is 1. The molecule has 1 aliphatic rings. The van der Waals surface area contributed by atoms with Gasteiger partial charge in [-0.1, -0.05) is 34.8 Å². The first-order valence-corrected chi connectivity index (χ1v) is 8.65. The number of carbonyl (C=O) groups excluding carboxylic acids is 1. The summed E-state index contributed by atoms with van der Waals surface area (Å²) in [5.41, 5.74) is 3.18. The molecule has 1 N–H and O–H groups in total. The summed E-state index contributed by atoms with van der Waals surface area (Å²) < 4.78 is 0. The fourth-order valence-corrected chi connectivity index (χ4v) is 3.82. The van der Waals surface area contributed by atoms with E-state index in [2.05, 4.69) is 28.2 Å². The molecule has 2 atom stereocenters. The van der Waals surface area contributed by atoms with Gasteiger partial charge in [0.25, 0.3) is 5.91 Å². The Bertz CT molecular complexity index is 472. The third-order valence-corrected chi connectivity index (χ3v) is 5.39. The van der Waals surface area contributed by atoms with Gasteiger partial charge in [0.2, 0.25) is 0 Å². The van der Waals surface area contributed by atoms with Crippen molar-refractivity contribution in [2.45, 2.75) is 39.5 Å². The number of nitrogens with one attached hydrogen (secondary N) is 1. The average molecular weight is 338 g/mol. The van der Waals surface area contributed by atoms with Crippen LogP contribution in [0.25, 0.3) is 0 Å². The highest BCUT2D eigenvalue weighted by Crippen LogP contribution is 2.30. The minimum Gasteiger partial charge on any atom is -0.352 e. The lowest BCUT2D eigenvalue weighted by atomic mass is 9.80. The topological polar surface area (TPSA) is 29.1 Å². The lowest BCUT2D eigenvalue weighted by molar-refractivity contribution is 0.0937. The smallest absolute Gasteiger partial charge is 0.251 e. The van der Waals surface area contributed by atoms with E-state index in [0.717, 1.165) is 17.4 Å². The maximum absolute atomic E-state index is 12.2. The van der Waals surface area contributed by atoms with Crippen LogP contribution in [0.4, 0.5) is 0 Å². The number of amides is 1. The van der Waals surface area contributed by atoms with Crippen LogP contribution in [0.2, 0.25) is 0 Å². The number of benzene rings is 1. The van der Waals surface area contributed by atoms with Gasteiger partial charge in [0.1, 0.15) is 0 Å². The van der Waals surface area contributed by atoms with Crippen LogP contribution in [0.5, 0.6) is 0 Å². The first-order valence-electron chi connectivity index (χ1n) is 7.53. The van der Waals surface area contributed by atoms with Crippen molar-refractivity contribution in [3.8, 4) is 0 Å². The Balaban J connectivity index is 1.92. The lowest BCUT2D eigenvalue weighted by Gasteiger charge is -2.30. The first kappa shape index (κ1) is 15.6. The first-order chi connectivity index (χ1) is 9.61. The van der Waals surface area contributed by atoms with Gasteiger partial charge in [-0.3, -0.25) is 4.79 Å². The van der Waals surface area contributed by atoms with Crippen molar-refractivity contribution < 1.29 is 4.79 Å². The maximum atomic E-state index is 12.2. The van der Waals surface area contributed by atoms with Gasteiger partial charge in [0.15, 0.2) is 0 Å². The van der Waals surface area contributed by atoms with Crippen molar-refractivity contribution in [1.29, 1.82) is 0 Å².